The van der Waals surface area contributed by atoms with Crippen molar-refractivity contribution in [2.75, 3.05) is 0 Å². The molecule has 0 unspecified atom stereocenters. The van der Waals surface area contributed by atoms with E-state index < -0.39 is 23.8 Å². The summed E-state index contributed by atoms with van der Waals surface area (Å²) in [7, 11) is 0. The van der Waals surface area contributed by atoms with Gasteiger partial charge in [0.15, 0.2) is 0 Å². The Bertz CT molecular complexity index is 339. The summed E-state index contributed by atoms with van der Waals surface area (Å²) in [4.78, 5) is 0. The van der Waals surface area contributed by atoms with Crippen LogP contribution in [0.5, 0.6) is 0 Å². The van der Waals surface area contributed by atoms with Crippen LogP contribution >= 0.6 is 0 Å². The molecule has 0 aliphatic carbocycles. The van der Waals surface area contributed by atoms with Crippen LogP contribution < -0.4 is 5.73 Å². The second kappa shape index (κ2) is 4.02. The van der Waals surface area contributed by atoms with Crippen molar-refractivity contribution in [3.63, 3.8) is 0 Å². The van der Waals surface area contributed by atoms with E-state index in [2.05, 4.69) is 0 Å². The summed E-state index contributed by atoms with van der Waals surface area (Å²) in [5, 5.41) is 9.51. The lowest BCUT2D eigenvalue weighted by Gasteiger charge is -2.16. The van der Waals surface area contributed by atoms with E-state index in [1.807, 2.05) is 0 Å². The van der Waals surface area contributed by atoms with Gasteiger partial charge in [0.05, 0.1) is 6.10 Å². The monoisotopic (exact) mass is 201 g/mol. The Morgan fingerprint density at radius 3 is 2.43 bits per heavy atom. The van der Waals surface area contributed by atoms with Gasteiger partial charge in [-0.2, -0.15) is 0 Å². The van der Waals surface area contributed by atoms with E-state index >= 15 is 0 Å². The third-order valence-corrected chi connectivity index (χ3v) is 2.17. The van der Waals surface area contributed by atoms with E-state index in [1.54, 1.807) is 6.92 Å². The summed E-state index contributed by atoms with van der Waals surface area (Å²) in [5.41, 5.74) is 5.36. The van der Waals surface area contributed by atoms with Gasteiger partial charge in [0.25, 0.3) is 0 Å². The van der Waals surface area contributed by atoms with Crippen molar-refractivity contribution >= 4 is 0 Å². The molecule has 1 aromatic rings. The summed E-state index contributed by atoms with van der Waals surface area (Å²) < 4.78 is 26.3. The van der Waals surface area contributed by atoms with Crippen molar-refractivity contribution in [2.45, 2.75) is 26.0 Å². The highest BCUT2D eigenvalue weighted by Gasteiger charge is 2.19. The molecule has 0 bridgehead atoms. The Labute approximate surface area is 81.4 Å². The maximum Gasteiger partial charge on any atom is 0.134 e. The lowest BCUT2D eigenvalue weighted by molar-refractivity contribution is 0.148. The molecule has 0 saturated heterocycles. The quantitative estimate of drug-likeness (QED) is 0.764. The fraction of sp³-hybridized carbons (Fsp3) is 0.400. The maximum absolute atomic E-state index is 13.4. The average Bonchev–Trinajstić information content (AvgIpc) is 2.13. The van der Waals surface area contributed by atoms with Crippen LogP contribution in [0.2, 0.25) is 0 Å². The van der Waals surface area contributed by atoms with Crippen LogP contribution in [0.25, 0.3) is 0 Å². The fourth-order valence-corrected chi connectivity index (χ4v) is 1.19. The van der Waals surface area contributed by atoms with Crippen molar-refractivity contribution in [3.05, 3.63) is 34.9 Å². The molecule has 1 rings (SSSR count). The molecular weight excluding hydrogens is 188 g/mol. The summed E-state index contributed by atoms with van der Waals surface area (Å²) in [6.45, 7) is 2.88. The average molecular weight is 201 g/mol. The van der Waals surface area contributed by atoms with Gasteiger partial charge in [-0.25, -0.2) is 8.78 Å². The number of aliphatic hydroxyl groups excluding tert-OH is 1. The van der Waals surface area contributed by atoms with Gasteiger partial charge in [-0.1, -0.05) is 6.07 Å². The molecule has 0 aromatic heterocycles. The molecule has 0 amide bonds. The van der Waals surface area contributed by atoms with Crippen LogP contribution in [0.15, 0.2) is 12.1 Å². The molecule has 2 atom stereocenters. The number of hydrogen-bond acceptors (Lipinski definition) is 2. The minimum absolute atomic E-state index is 0.0406. The van der Waals surface area contributed by atoms with E-state index in [1.165, 1.54) is 13.0 Å². The van der Waals surface area contributed by atoms with Crippen LogP contribution in [0.3, 0.4) is 0 Å². The van der Waals surface area contributed by atoms with Crippen LogP contribution in [0, 0.1) is 18.6 Å². The molecule has 0 fully saturated rings. The number of halogens is 2. The topological polar surface area (TPSA) is 46.2 Å². The summed E-state index contributed by atoms with van der Waals surface area (Å²) in [6.07, 6.45) is -1.10. The van der Waals surface area contributed by atoms with Gasteiger partial charge in [0.2, 0.25) is 0 Å². The molecule has 0 spiro atoms. The normalized spacial score (nSPS) is 15.3. The Morgan fingerprint density at radius 2 is 1.93 bits per heavy atom. The number of aliphatic hydroxyl groups is 1. The van der Waals surface area contributed by atoms with Crippen molar-refractivity contribution in [1.29, 1.82) is 0 Å². The summed E-state index contributed by atoms with van der Waals surface area (Å²) in [5.74, 6) is -1.35. The molecule has 0 aliphatic heterocycles. The number of nitrogens with two attached hydrogens (primary N) is 1. The van der Waals surface area contributed by atoms with Gasteiger partial charge < -0.3 is 10.8 Å². The van der Waals surface area contributed by atoms with Crippen LogP contribution in [-0.2, 0) is 0 Å². The summed E-state index contributed by atoms with van der Waals surface area (Å²) in [6, 6.07) is 1.75. The van der Waals surface area contributed by atoms with Crippen molar-refractivity contribution in [3.8, 4) is 0 Å². The van der Waals surface area contributed by atoms with Crippen LogP contribution in [0.4, 0.5) is 8.78 Å². The number of hydrogen-bond donors (Lipinski definition) is 2. The molecule has 1 aromatic carbocycles. The first-order chi connectivity index (χ1) is 6.45. The molecule has 0 saturated carbocycles. The highest BCUT2D eigenvalue weighted by Crippen LogP contribution is 2.23. The van der Waals surface area contributed by atoms with Gasteiger partial charge in [-0.15, -0.1) is 0 Å². The van der Waals surface area contributed by atoms with Crippen molar-refractivity contribution in [2.24, 2.45) is 5.73 Å². The Hall–Kier alpha value is -1.00. The van der Waals surface area contributed by atoms with Crippen molar-refractivity contribution < 1.29 is 13.9 Å². The zero-order valence-electron chi connectivity index (χ0n) is 8.09. The third-order valence-electron chi connectivity index (χ3n) is 2.17. The van der Waals surface area contributed by atoms with Gasteiger partial charge >= 0.3 is 0 Å². The second-order valence-electron chi connectivity index (χ2n) is 3.38. The van der Waals surface area contributed by atoms with Gasteiger partial charge in [-0.05, 0) is 19.9 Å². The lowest BCUT2D eigenvalue weighted by atomic mass is 10.0. The molecule has 14 heavy (non-hydrogen) atoms. The van der Waals surface area contributed by atoms with Crippen LogP contribution in [0.1, 0.15) is 24.2 Å². The lowest BCUT2D eigenvalue weighted by Crippen LogP contribution is -2.25. The van der Waals surface area contributed by atoms with E-state index in [-0.39, 0.29) is 11.1 Å². The standard InChI is InChI=1S/C10H13F2NO/c1-5-8(11)4-3-7(9(5)12)10(14)6(2)13/h3-4,6,10,14H,13H2,1-2H3/t6-,10-/m0/s1. The maximum atomic E-state index is 13.4. The SMILES string of the molecule is Cc1c(F)ccc([C@@H](O)[C@H](C)N)c1F. The first kappa shape index (κ1) is 11.1. The van der Waals surface area contributed by atoms with Crippen LogP contribution in [-0.4, -0.2) is 11.1 Å². The highest BCUT2D eigenvalue weighted by atomic mass is 19.1. The fourth-order valence-electron chi connectivity index (χ4n) is 1.19. The zero-order chi connectivity index (χ0) is 10.9. The third kappa shape index (κ3) is 1.91. The molecule has 0 aliphatic rings. The molecule has 4 heteroatoms. The van der Waals surface area contributed by atoms with E-state index in [9.17, 15) is 13.9 Å². The number of benzene rings is 1. The molecular formula is C10H13F2NO. The van der Waals surface area contributed by atoms with E-state index in [4.69, 9.17) is 5.73 Å². The van der Waals surface area contributed by atoms with Gasteiger partial charge in [0, 0.05) is 17.2 Å². The highest BCUT2D eigenvalue weighted by molar-refractivity contribution is 5.28. The first-order valence-electron chi connectivity index (χ1n) is 4.33. The predicted molar refractivity (Wildman–Crippen MR) is 49.7 cm³/mol. The summed E-state index contributed by atoms with van der Waals surface area (Å²) >= 11 is 0. The Kier molecular flexibility index (Phi) is 3.18. The first-order valence-corrected chi connectivity index (χ1v) is 4.33. The molecule has 0 heterocycles. The minimum atomic E-state index is -1.10. The second-order valence-corrected chi connectivity index (χ2v) is 3.38. The van der Waals surface area contributed by atoms with Gasteiger partial charge in [-0.3, -0.25) is 0 Å². The predicted octanol–water partition coefficient (Wildman–Crippen LogP) is 1.65. The van der Waals surface area contributed by atoms with E-state index in [0.29, 0.717) is 0 Å². The van der Waals surface area contributed by atoms with E-state index in [0.717, 1.165) is 6.07 Å². The molecule has 0 radical (unpaired) electrons. The van der Waals surface area contributed by atoms with Gasteiger partial charge in [0.1, 0.15) is 11.6 Å². The Balaban J connectivity index is 3.17. The zero-order valence-corrected chi connectivity index (χ0v) is 8.09. The van der Waals surface area contributed by atoms with Crippen molar-refractivity contribution in [1.82, 2.24) is 0 Å². The largest absolute Gasteiger partial charge is 0.387 e. The smallest absolute Gasteiger partial charge is 0.134 e. The molecule has 2 nitrogen and oxygen atoms in total. The number of rotatable bonds is 2. The Morgan fingerprint density at radius 1 is 1.36 bits per heavy atom. The minimum Gasteiger partial charge on any atom is -0.387 e. The molecule has 3 N–H and O–H groups in total. The molecule has 78 valence electrons.